The van der Waals surface area contributed by atoms with Crippen molar-refractivity contribution in [3.63, 3.8) is 0 Å². The van der Waals surface area contributed by atoms with Crippen LogP contribution >= 0.6 is 0 Å². The Balaban J connectivity index is 1.95. The summed E-state index contributed by atoms with van der Waals surface area (Å²) in [5.41, 5.74) is 2.31. The molecule has 1 atom stereocenters. The van der Waals surface area contributed by atoms with Crippen molar-refractivity contribution >= 4 is 0 Å². The van der Waals surface area contributed by atoms with Crippen LogP contribution in [-0.4, -0.2) is 54.6 Å². The van der Waals surface area contributed by atoms with Crippen LogP contribution in [0.3, 0.4) is 0 Å². The fourth-order valence-corrected chi connectivity index (χ4v) is 2.72. The van der Waals surface area contributed by atoms with Crippen LogP contribution in [0.25, 0.3) is 0 Å². The molecule has 0 amide bonds. The maximum atomic E-state index is 4.71. The van der Waals surface area contributed by atoms with Gasteiger partial charge in [-0.05, 0) is 32.6 Å². The van der Waals surface area contributed by atoms with E-state index < -0.39 is 0 Å². The van der Waals surface area contributed by atoms with Crippen LogP contribution < -0.4 is 5.32 Å². The second-order valence-electron chi connectivity index (χ2n) is 5.43. The maximum Gasteiger partial charge on any atom is 0.0547 e. The highest BCUT2D eigenvalue weighted by atomic mass is 15.3. The van der Waals surface area contributed by atoms with Crippen molar-refractivity contribution in [2.75, 3.05) is 33.7 Å². The van der Waals surface area contributed by atoms with Gasteiger partial charge in [0.25, 0.3) is 0 Å². The van der Waals surface area contributed by atoms with Gasteiger partial charge in [-0.15, -0.1) is 0 Å². The minimum atomic E-state index is 0.689. The molecule has 1 aromatic rings. The van der Waals surface area contributed by atoms with E-state index in [1.165, 1.54) is 12.1 Å². The quantitative estimate of drug-likeness (QED) is 0.867. The van der Waals surface area contributed by atoms with Gasteiger partial charge in [0.2, 0.25) is 0 Å². The highest BCUT2D eigenvalue weighted by Gasteiger charge is 2.22. The van der Waals surface area contributed by atoms with Gasteiger partial charge in [-0.2, -0.15) is 0 Å². The van der Waals surface area contributed by atoms with Gasteiger partial charge >= 0.3 is 0 Å². The van der Waals surface area contributed by atoms with E-state index >= 15 is 0 Å². The number of nitrogens with zero attached hydrogens (tertiary/aromatic N) is 3. The Morgan fingerprint density at radius 2 is 2.11 bits per heavy atom. The van der Waals surface area contributed by atoms with Crippen LogP contribution in [0.2, 0.25) is 0 Å². The molecule has 1 aliphatic heterocycles. The third-order valence-electron chi connectivity index (χ3n) is 3.94. The summed E-state index contributed by atoms with van der Waals surface area (Å²) in [6, 6.07) is 7.02. The van der Waals surface area contributed by atoms with Gasteiger partial charge in [0.05, 0.1) is 11.4 Å². The number of hydrogen-bond donors (Lipinski definition) is 1. The lowest BCUT2D eigenvalue weighted by molar-refractivity contribution is 0.0875. The Morgan fingerprint density at radius 1 is 1.32 bits per heavy atom. The van der Waals surface area contributed by atoms with Crippen LogP contribution in [0.15, 0.2) is 18.2 Å². The van der Waals surface area contributed by atoms with Gasteiger partial charge in [0.1, 0.15) is 0 Å². The number of nitrogens with one attached hydrogen (secondary N) is 1. The molecule has 1 aromatic heterocycles. The molecule has 2 heterocycles. The zero-order valence-electron chi connectivity index (χ0n) is 12.4. The van der Waals surface area contributed by atoms with Crippen molar-refractivity contribution in [3.05, 3.63) is 29.6 Å². The molecule has 0 spiro atoms. The third kappa shape index (κ3) is 4.00. The maximum absolute atomic E-state index is 4.71. The first-order chi connectivity index (χ1) is 9.22. The van der Waals surface area contributed by atoms with E-state index in [-0.39, 0.29) is 0 Å². The van der Waals surface area contributed by atoms with E-state index in [1.54, 1.807) is 0 Å². The van der Waals surface area contributed by atoms with E-state index in [4.69, 9.17) is 4.98 Å². The van der Waals surface area contributed by atoms with Crippen LogP contribution in [0.5, 0.6) is 0 Å². The monoisotopic (exact) mass is 262 g/mol. The smallest absolute Gasteiger partial charge is 0.0547 e. The number of likely N-dealkylation sites (N-methyl/N-ethyl adjacent to an activating group) is 1. The van der Waals surface area contributed by atoms with Crippen molar-refractivity contribution in [1.82, 2.24) is 20.1 Å². The Labute approximate surface area is 116 Å². The van der Waals surface area contributed by atoms with E-state index in [9.17, 15) is 0 Å². The van der Waals surface area contributed by atoms with Crippen molar-refractivity contribution in [2.24, 2.45) is 0 Å². The standard InChI is InChI=1S/C15H26N4/c1-4-15-12-19(9-8-18(15)3)11-14-7-5-6-13(17-14)10-16-2/h5-7,15-16H,4,8-12H2,1-3H3. The minimum absolute atomic E-state index is 0.689. The molecule has 0 aromatic carbocycles. The largest absolute Gasteiger partial charge is 0.314 e. The molecular formula is C15H26N4. The molecule has 0 radical (unpaired) electrons. The molecular weight excluding hydrogens is 236 g/mol. The zero-order chi connectivity index (χ0) is 13.7. The molecule has 1 aliphatic rings. The molecule has 4 nitrogen and oxygen atoms in total. The predicted octanol–water partition coefficient (Wildman–Crippen LogP) is 1.33. The molecule has 1 saturated heterocycles. The van der Waals surface area contributed by atoms with E-state index in [1.807, 2.05) is 7.05 Å². The number of piperazine rings is 1. The first kappa shape index (κ1) is 14.4. The average molecular weight is 262 g/mol. The van der Waals surface area contributed by atoms with Crippen LogP contribution in [0.1, 0.15) is 24.7 Å². The van der Waals surface area contributed by atoms with Crippen molar-refractivity contribution in [3.8, 4) is 0 Å². The van der Waals surface area contributed by atoms with Crippen molar-refractivity contribution in [1.29, 1.82) is 0 Å². The lowest BCUT2D eigenvalue weighted by Gasteiger charge is -2.39. The Bertz CT molecular complexity index is 393. The summed E-state index contributed by atoms with van der Waals surface area (Å²) in [4.78, 5) is 9.71. The summed E-state index contributed by atoms with van der Waals surface area (Å²) < 4.78 is 0. The first-order valence-electron chi connectivity index (χ1n) is 7.25. The molecule has 19 heavy (non-hydrogen) atoms. The SMILES string of the molecule is CCC1CN(Cc2cccc(CNC)n2)CCN1C. The lowest BCUT2D eigenvalue weighted by atomic mass is 10.1. The number of aromatic nitrogens is 1. The summed E-state index contributed by atoms with van der Waals surface area (Å²) in [5.74, 6) is 0. The predicted molar refractivity (Wildman–Crippen MR) is 79.0 cm³/mol. The van der Waals surface area contributed by atoms with Crippen LogP contribution in [0.4, 0.5) is 0 Å². The Hall–Kier alpha value is -0.970. The first-order valence-corrected chi connectivity index (χ1v) is 7.25. The second-order valence-corrected chi connectivity index (χ2v) is 5.43. The second kappa shape index (κ2) is 6.98. The normalized spacial score (nSPS) is 21.7. The van der Waals surface area contributed by atoms with E-state index in [0.29, 0.717) is 6.04 Å². The third-order valence-corrected chi connectivity index (χ3v) is 3.94. The van der Waals surface area contributed by atoms with E-state index in [0.717, 1.165) is 38.4 Å². The summed E-state index contributed by atoms with van der Waals surface area (Å²) in [7, 11) is 4.19. The minimum Gasteiger partial charge on any atom is -0.314 e. The lowest BCUT2D eigenvalue weighted by Crippen LogP contribution is -2.50. The van der Waals surface area contributed by atoms with Crippen molar-refractivity contribution < 1.29 is 0 Å². The summed E-state index contributed by atoms with van der Waals surface area (Å²) in [6.45, 7) is 7.55. The molecule has 106 valence electrons. The summed E-state index contributed by atoms with van der Waals surface area (Å²) >= 11 is 0. The molecule has 1 fully saturated rings. The van der Waals surface area contributed by atoms with Gasteiger partial charge in [-0.3, -0.25) is 9.88 Å². The summed E-state index contributed by atoms with van der Waals surface area (Å²) in [5, 5.41) is 3.15. The molecule has 0 bridgehead atoms. The fraction of sp³-hybridized carbons (Fsp3) is 0.667. The molecule has 1 N–H and O–H groups in total. The Kier molecular flexibility index (Phi) is 5.31. The van der Waals surface area contributed by atoms with Gasteiger partial charge < -0.3 is 10.2 Å². The zero-order valence-corrected chi connectivity index (χ0v) is 12.4. The Morgan fingerprint density at radius 3 is 2.84 bits per heavy atom. The highest BCUT2D eigenvalue weighted by molar-refractivity contribution is 5.11. The molecule has 0 aliphatic carbocycles. The molecule has 2 rings (SSSR count). The topological polar surface area (TPSA) is 31.4 Å². The highest BCUT2D eigenvalue weighted by Crippen LogP contribution is 2.13. The van der Waals surface area contributed by atoms with Crippen LogP contribution in [0, 0.1) is 0 Å². The average Bonchev–Trinajstić information content (AvgIpc) is 2.42. The molecule has 1 unspecified atom stereocenters. The molecule has 0 saturated carbocycles. The number of pyridine rings is 1. The number of hydrogen-bond acceptors (Lipinski definition) is 4. The van der Waals surface area contributed by atoms with Gasteiger partial charge in [-0.25, -0.2) is 0 Å². The van der Waals surface area contributed by atoms with Gasteiger partial charge in [0, 0.05) is 38.8 Å². The van der Waals surface area contributed by atoms with Crippen LogP contribution in [-0.2, 0) is 13.1 Å². The van der Waals surface area contributed by atoms with Gasteiger partial charge in [0.15, 0.2) is 0 Å². The summed E-state index contributed by atoms with van der Waals surface area (Å²) in [6.07, 6.45) is 1.22. The number of rotatable bonds is 5. The van der Waals surface area contributed by atoms with E-state index in [2.05, 4.69) is 47.3 Å². The molecule has 4 heteroatoms. The fourth-order valence-electron chi connectivity index (χ4n) is 2.72. The van der Waals surface area contributed by atoms with Gasteiger partial charge in [-0.1, -0.05) is 13.0 Å². The van der Waals surface area contributed by atoms with Crippen molar-refractivity contribution in [2.45, 2.75) is 32.5 Å².